The second kappa shape index (κ2) is 6.81. The first kappa shape index (κ1) is 13.4. The van der Waals surface area contributed by atoms with Crippen LogP contribution in [0.1, 0.15) is 37.8 Å². The van der Waals surface area contributed by atoms with Crippen LogP contribution in [0.5, 0.6) is 0 Å². The maximum atomic E-state index is 3.65. The molecule has 3 heteroatoms. The average Bonchev–Trinajstić information content (AvgIpc) is 2.38. The SMILES string of the molecule is CC(NCC1CCCCS1)c1ccc(Br)cc1. The van der Waals surface area contributed by atoms with Crippen molar-refractivity contribution in [3.8, 4) is 0 Å². The van der Waals surface area contributed by atoms with Gasteiger partial charge < -0.3 is 5.32 Å². The minimum atomic E-state index is 0.450. The molecule has 2 rings (SSSR count). The van der Waals surface area contributed by atoms with Crippen LogP contribution in [-0.2, 0) is 0 Å². The number of hydrogen-bond acceptors (Lipinski definition) is 2. The molecule has 1 heterocycles. The molecule has 2 atom stereocenters. The molecule has 94 valence electrons. The number of rotatable bonds is 4. The van der Waals surface area contributed by atoms with Crippen molar-refractivity contribution in [3.63, 3.8) is 0 Å². The third-order valence-corrected chi connectivity index (χ3v) is 5.22. The Bertz CT molecular complexity index is 333. The summed E-state index contributed by atoms with van der Waals surface area (Å²) in [6.07, 6.45) is 4.19. The molecule has 0 aromatic heterocycles. The summed E-state index contributed by atoms with van der Waals surface area (Å²) in [5.41, 5.74) is 1.37. The Morgan fingerprint density at radius 1 is 1.35 bits per heavy atom. The molecule has 1 nitrogen and oxygen atoms in total. The molecule has 1 aliphatic rings. The quantitative estimate of drug-likeness (QED) is 0.885. The van der Waals surface area contributed by atoms with E-state index in [2.05, 4.69) is 64.2 Å². The number of nitrogens with one attached hydrogen (secondary N) is 1. The summed E-state index contributed by atoms with van der Waals surface area (Å²) >= 11 is 5.61. The van der Waals surface area contributed by atoms with Gasteiger partial charge in [0.05, 0.1) is 0 Å². The lowest BCUT2D eigenvalue weighted by molar-refractivity contribution is 0.538. The van der Waals surface area contributed by atoms with Crippen LogP contribution < -0.4 is 5.32 Å². The van der Waals surface area contributed by atoms with E-state index >= 15 is 0 Å². The molecule has 0 spiro atoms. The zero-order valence-corrected chi connectivity index (χ0v) is 12.7. The average molecular weight is 314 g/mol. The maximum absolute atomic E-state index is 3.65. The first-order valence-corrected chi connectivity index (χ1v) is 8.20. The molecule has 17 heavy (non-hydrogen) atoms. The lowest BCUT2D eigenvalue weighted by Crippen LogP contribution is -2.28. The van der Waals surface area contributed by atoms with Gasteiger partial charge >= 0.3 is 0 Å². The first-order chi connectivity index (χ1) is 8.25. The van der Waals surface area contributed by atoms with Crippen LogP contribution in [0.2, 0.25) is 0 Å². The van der Waals surface area contributed by atoms with Gasteiger partial charge in [-0.3, -0.25) is 0 Å². The normalized spacial score (nSPS) is 22.4. The molecule has 0 radical (unpaired) electrons. The Balaban J connectivity index is 1.80. The van der Waals surface area contributed by atoms with E-state index in [1.165, 1.54) is 30.6 Å². The molecule has 1 aromatic rings. The monoisotopic (exact) mass is 313 g/mol. The molecule has 1 fully saturated rings. The highest BCUT2D eigenvalue weighted by Crippen LogP contribution is 2.25. The minimum Gasteiger partial charge on any atom is -0.309 e. The fourth-order valence-corrected chi connectivity index (χ4v) is 3.66. The Labute approximate surface area is 117 Å². The van der Waals surface area contributed by atoms with E-state index in [4.69, 9.17) is 0 Å². The summed E-state index contributed by atoms with van der Waals surface area (Å²) in [6.45, 7) is 3.39. The van der Waals surface area contributed by atoms with E-state index in [-0.39, 0.29) is 0 Å². The maximum Gasteiger partial charge on any atom is 0.0292 e. The van der Waals surface area contributed by atoms with Crippen LogP contribution in [0.25, 0.3) is 0 Å². The van der Waals surface area contributed by atoms with Crippen molar-refractivity contribution in [3.05, 3.63) is 34.3 Å². The standard InChI is InChI=1S/C14H20BrNS/c1-11(12-5-7-13(15)8-6-12)16-10-14-4-2-3-9-17-14/h5-8,11,14,16H,2-4,9-10H2,1H3. The summed E-state index contributed by atoms with van der Waals surface area (Å²) < 4.78 is 1.15. The van der Waals surface area contributed by atoms with E-state index in [0.717, 1.165) is 16.3 Å². The summed E-state index contributed by atoms with van der Waals surface area (Å²) in [5.74, 6) is 1.35. The van der Waals surface area contributed by atoms with Gasteiger partial charge in [-0.05, 0) is 43.2 Å². The number of halogens is 1. The Kier molecular flexibility index (Phi) is 5.39. The second-order valence-electron chi connectivity index (χ2n) is 4.67. The Morgan fingerprint density at radius 3 is 2.76 bits per heavy atom. The number of thioether (sulfide) groups is 1. The Morgan fingerprint density at radius 2 is 2.12 bits per heavy atom. The third-order valence-electron chi connectivity index (χ3n) is 3.30. The van der Waals surface area contributed by atoms with Gasteiger partial charge in [-0.1, -0.05) is 34.5 Å². The smallest absolute Gasteiger partial charge is 0.0292 e. The fourth-order valence-electron chi connectivity index (χ4n) is 2.15. The van der Waals surface area contributed by atoms with Crippen molar-refractivity contribution in [2.24, 2.45) is 0 Å². The van der Waals surface area contributed by atoms with E-state index < -0.39 is 0 Å². The lowest BCUT2D eigenvalue weighted by Gasteiger charge is -2.24. The zero-order valence-electron chi connectivity index (χ0n) is 10.3. The van der Waals surface area contributed by atoms with Crippen LogP contribution in [0, 0.1) is 0 Å². The van der Waals surface area contributed by atoms with Gasteiger partial charge in [0.1, 0.15) is 0 Å². The lowest BCUT2D eigenvalue weighted by atomic mass is 10.1. The van der Waals surface area contributed by atoms with E-state index in [1.807, 2.05) is 0 Å². The van der Waals surface area contributed by atoms with Gasteiger partial charge in [0.15, 0.2) is 0 Å². The summed E-state index contributed by atoms with van der Waals surface area (Å²) in [6, 6.07) is 9.06. The molecule has 1 N–H and O–H groups in total. The van der Waals surface area contributed by atoms with Crippen molar-refractivity contribution >= 4 is 27.7 Å². The first-order valence-electron chi connectivity index (χ1n) is 6.36. The van der Waals surface area contributed by atoms with Gasteiger partial charge in [-0.15, -0.1) is 0 Å². The van der Waals surface area contributed by atoms with Gasteiger partial charge in [-0.2, -0.15) is 11.8 Å². The van der Waals surface area contributed by atoms with Crippen LogP contribution in [-0.4, -0.2) is 17.5 Å². The Hall–Kier alpha value is 0.01000. The second-order valence-corrected chi connectivity index (χ2v) is 6.99. The summed E-state index contributed by atoms with van der Waals surface area (Å²) in [5, 5.41) is 4.47. The van der Waals surface area contributed by atoms with E-state index in [9.17, 15) is 0 Å². The fraction of sp³-hybridized carbons (Fsp3) is 0.571. The predicted octanol–water partition coefficient (Wildman–Crippen LogP) is 4.39. The van der Waals surface area contributed by atoms with Crippen molar-refractivity contribution < 1.29 is 0 Å². The molecular formula is C14H20BrNS. The van der Waals surface area contributed by atoms with Crippen molar-refractivity contribution in [2.75, 3.05) is 12.3 Å². The summed E-state index contributed by atoms with van der Waals surface area (Å²) in [7, 11) is 0. The van der Waals surface area contributed by atoms with Crippen molar-refractivity contribution in [1.82, 2.24) is 5.32 Å². The molecule has 0 aliphatic carbocycles. The molecular weight excluding hydrogens is 294 g/mol. The molecule has 0 amide bonds. The third kappa shape index (κ3) is 4.31. The van der Waals surface area contributed by atoms with Crippen LogP contribution in [0.3, 0.4) is 0 Å². The zero-order chi connectivity index (χ0) is 12.1. The van der Waals surface area contributed by atoms with Gasteiger partial charge in [0.25, 0.3) is 0 Å². The van der Waals surface area contributed by atoms with E-state index in [0.29, 0.717) is 6.04 Å². The summed E-state index contributed by atoms with van der Waals surface area (Å²) in [4.78, 5) is 0. The van der Waals surface area contributed by atoms with Crippen LogP contribution >= 0.6 is 27.7 Å². The highest BCUT2D eigenvalue weighted by molar-refractivity contribution is 9.10. The highest BCUT2D eigenvalue weighted by Gasteiger charge is 2.14. The minimum absolute atomic E-state index is 0.450. The molecule has 0 saturated carbocycles. The molecule has 1 saturated heterocycles. The van der Waals surface area contributed by atoms with Gasteiger partial charge in [0, 0.05) is 22.3 Å². The topological polar surface area (TPSA) is 12.0 Å². The van der Waals surface area contributed by atoms with Gasteiger partial charge in [-0.25, -0.2) is 0 Å². The molecule has 1 aromatic carbocycles. The molecule has 2 unspecified atom stereocenters. The highest BCUT2D eigenvalue weighted by atomic mass is 79.9. The van der Waals surface area contributed by atoms with Crippen molar-refractivity contribution in [2.45, 2.75) is 37.5 Å². The number of hydrogen-bond donors (Lipinski definition) is 1. The van der Waals surface area contributed by atoms with Crippen LogP contribution in [0.15, 0.2) is 28.7 Å². The van der Waals surface area contributed by atoms with E-state index in [1.54, 1.807) is 0 Å². The molecule has 1 aliphatic heterocycles. The van der Waals surface area contributed by atoms with Crippen molar-refractivity contribution in [1.29, 1.82) is 0 Å². The van der Waals surface area contributed by atoms with Gasteiger partial charge in [0.2, 0.25) is 0 Å². The van der Waals surface area contributed by atoms with Crippen LogP contribution in [0.4, 0.5) is 0 Å². The number of benzene rings is 1. The largest absolute Gasteiger partial charge is 0.309 e. The molecule has 0 bridgehead atoms. The predicted molar refractivity (Wildman–Crippen MR) is 80.7 cm³/mol.